The summed E-state index contributed by atoms with van der Waals surface area (Å²) in [6.07, 6.45) is 7.74. The Bertz CT molecular complexity index is 917. The zero-order valence-corrected chi connectivity index (χ0v) is 20.1. The first kappa shape index (κ1) is 25.0. The quantitative estimate of drug-likeness (QED) is 0.461. The van der Waals surface area contributed by atoms with E-state index in [0.717, 1.165) is 50.4 Å². The minimum absolute atomic E-state index is 0.0568. The van der Waals surface area contributed by atoms with Gasteiger partial charge in [-0.2, -0.15) is 0 Å². The number of nitrogens with zero attached hydrogens (tertiary/aromatic N) is 3. The average molecular weight is 474 g/mol. The molecule has 1 aliphatic heterocycles. The van der Waals surface area contributed by atoms with Crippen molar-refractivity contribution in [2.75, 3.05) is 53.1 Å². The number of ether oxygens (including phenoxy) is 3. The first-order valence-electron chi connectivity index (χ1n) is 11.3. The minimum Gasteiger partial charge on any atom is -0.491 e. The van der Waals surface area contributed by atoms with Crippen molar-refractivity contribution in [2.45, 2.75) is 19.9 Å². The van der Waals surface area contributed by atoms with Crippen LogP contribution in [0.25, 0.3) is 6.08 Å². The Balaban J connectivity index is 1.69. The van der Waals surface area contributed by atoms with Crippen molar-refractivity contribution in [3.05, 3.63) is 58.9 Å². The standard InChI is InChI=1S/C25H32ClN3O4/c1-3-33-23-18-21(17-22(26)25(23)31-2)5-6-24(30)29(19-20-7-9-27-10-8-20)12-4-11-28-13-15-32-16-14-28/h5-10,17-18H,3-4,11-16,19H2,1-2H3/b6-5+. The van der Waals surface area contributed by atoms with E-state index in [1.165, 1.54) is 0 Å². The molecule has 178 valence electrons. The van der Waals surface area contributed by atoms with Crippen LogP contribution in [0, 0.1) is 0 Å². The lowest BCUT2D eigenvalue weighted by Crippen LogP contribution is -2.38. The number of aromatic nitrogens is 1. The van der Waals surface area contributed by atoms with Gasteiger partial charge < -0.3 is 19.1 Å². The predicted octanol–water partition coefficient (Wildman–Crippen LogP) is 3.91. The minimum atomic E-state index is -0.0568. The summed E-state index contributed by atoms with van der Waals surface area (Å²) in [5.41, 5.74) is 1.82. The van der Waals surface area contributed by atoms with E-state index in [-0.39, 0.29) is 5.91 Å². The molecule has 1 fully saturated rings. The number of methoxy groups -OCH3 is 1. The van der Waals surface area contributed by atoms with Gasteiger partial charge in [0.05, 0.1) is 32.0 Å². The lowest BCUT2D eigenvalue weighted by molar-refractivity contribution is -0.126. The molecule has 0 bridgehead atoms. The number of carbonyl (C=O) groups excluding carboxylic acids is 1. The van der Waals surface area contributed by atoms with Crippen LogP contribution in [-0.2, 0) is 16.1 Å². The van der Waals surface area contributed by atoms with Crippen LogP contribution in [0.1, 0.15) is 24.5 Å². The van der Waals surface area contributed by atoms with E-state index in [1.54, 1.807) is 37.7 Å². The fraction of sp³-hybridized carbons (Fsp3) is 0.440. The van der Waals surface area contributed by atoms with E-state index in [4.69, 9.17) is 25.8 Å². The first-order chi connectivity index (χ1) is 16.1. The highest BCUT2D eigenvalue weighted by Crippen LogP contribution is 2.36. The number of benzene rings is 1. The predicted molar refractivity (Wildman–Crippen MR) is 130 cm³/mol. The Labute approximate surface area is 200 Å². The topological polar surface area (TPSA) is 64.1 Å². The van der Waals surface area contributed by atoms with E-state index in [2.05, 4.69) is 9.88 Å². The molecule has 0 radical (unpaired) electrons. The number of carbonyl (C=O) groups is 1. The highest BCUT2D eigenvalue weighted by molar-refractivity contribution is 6.32. The van der Waals surface area contributed by atoms with Crippen molar-refractivity contribution in [2.24, 2.45) is 0 Å². The third kappa shape index (κ3) is 7.74. The fourth-order valence-corrected chi connectivity index (χ4v) is 4.00. The molecule has 3 rings (SSSR count). The van der Waals surface area contributed by atoms with Crippen molar-refractivity contribution < 1.29 is 19.0 Å². The summed E-state index contributed by atoms with van der Waals surface area (Å²) in [5.74, 6) is 0.988. The van der Waals surface area contributed by atoms with Gasteiger partial charge in [0.15, 0.2) is 11.5 Å². The van der Waals surface area contributed by atoms with E-state index < -0.39 is 0 Å². The summed E-state index contributed by atoms with van der Waals surface area (Å²) < 4.78 is 16.4. The van der Waals surface area contributed by atoms with E-state index >= 15 is 0 Å². The summed E-state index contributed by atoms with van der Waals surface area (Å²) in [6, 6.07) is 7.45. The van der Waals surface area contributed by atoms with Gasteiger partial charge in [-0.1, -0.05) is 11.6 Å². The maximum atomic E-state index is 13.1. The molecule has 0 saturated carbocycles. The molecule has 0 unspecified atom stereocenters. The SMILES string of the molecule is CCOc1cc(/C=C/C(=O)N(CCCN2CCOCC2)Cc2ccncc2)cc(Cl)c1OC. The van der Waals surface area contributed by atoms with E-state index in [0.29, 0.717) is 36.2 Å². The third-order valence-electron chi connectivity index (χ3n) is 5.39. The highest BCUT2D eigenvalue weighted by Gasteiger charge is 2.15. The summed E-state index contributed by atoms with van der Waals surface area (Å²) >= 11 is 6.34. The van der Waals surface area contributed by atoms with Gasteiger partial charge in [0, 0.05) is 51.2 Å². The van der Waals surface area contributed by atoms with Crippen LogP contribution in [0.2, 0.25) is 5.02 Å². The zero-order chi connectivity index (χ0) is 23.5. The van der Waals surface area contributed by atoms with Crippen LogP contribution < -0.4 is 9.47 Å². The van der Waals surface area contributed by atoms with Crippen molar-refractivity contribution >= 4 is 23.6 Å². The number of pyridine rings is 1. The Kier molecular flexibility index (Phi) is 10.00. The second-order valence-corrected chi connectivity index (χ2v) is 8.13. The van der Waals surface area contributed by atoms with Gasteiger partial charge in [-0.25, -0.2) is 0 Å². The molecule has 0 aliphatic carbocycles. The number of hydrogen-bond acceptors (Lipinski definition) is 6. The van der Waals surface area contributed by atoms with Gasteiger partial charge in [0.1, 0.15) is 0 Å². The van der Waals surface area contributed by atoms with Gasteiger partial charge in [-0.15, -0.1) is 0 Å². The molecule has 33 heavy (non-hydrogen) atoms. The van der Waals surface area contributed by atoms with E-state index in [9.17, 15) is 4.79 Å². The smallest absolute Gasteiger partial charge is 0.246 e. The molecule has 1 aromatic carbocycles. The van der Waals surface area contributed by atoms with Gasteiger partial charge in [0.2, 0.25) is 5.91 Å². The summed E-state index contributed by atoms with van der Waals surface area (Å²) in [6.45, 7) is 7.96. The normalized spacial score (nSPS) is 14.4. The molecule has 2 heterocycles. The number of morpholine rings is 1. The van der Waals surface area contributed by atoms with Crippen molar-refractivity contribution in [3.8, 4) is 11.5 Å². The monoisotopic (exact) mass is 473 g/mol. The molecule has 7 nitrogen and oxygen atoms in total. The maximum Gasteiger partial charge on any atom is 0.246 e. The number of hydrogen-bond donors (Lipinski definition) is 0. The van der Waals surface area contributed by atoms with Crippen molar-refractivity contribution in [1.29, 1.82) is 0 Å². The molecular formula is C25H32ClN3O4. The van der Waals surface area contributed by atoms with Crippen LogP contribution in [0.5, 0.6) is 11.5 Å². The largest absolute Gasteiger partial charge is 0.491 e. The van der Waals surface area contributed by atoms with Crippen LogP contribution >= 0.6 is 11.6 Å². The van der Waals surface area contributed by atoms with Crippen molar-refractivity contribution in [3.63, 3.8) is 0 Å². The molecule has 0 atom stereocenters. The lowest BCUT2D eigenvalue weighted by atomic mass is 10.1. The van der Waals surface area contributed by atoms with Gasteiger partial charge in [0.25, 0.3) is 0 Å². The molecule has 2 aromatic rings. The Morgan fingerprint density at radius 2 is 2.03 bits per heavy atom. The first-order valence-corrected chi connectivity index (χ1v) is 11.6. The summed E-state index contributed by atoms with van der Waals surface area (Å²) in [4.78, 5) is 21.4. The number of rotatable bonds is 11. The molecule has 0 spiro atoms. The van der Waals surface area contributed by atoms with Gasteiger partial charge in [-0.3, -0.25) is 14.7 Å². The molecule has 1 aromatic heterocycles. The molecular weight excluding hydrogens is 442 g/mol. The highest BCUT2D eigenvalue weighted by atomic mass is 35.5. The Morgan fingerprint density at radius 1 is 1.27 bits per heavy atom. The van der Waals surface area contributed by atoms with Gasteiger partial charge in [-0.05, 0) is 54.8 Å². The lowest BCUT2D eigenvalue weighted by Gasteiger charge is -2.28. The van der Waals surface area contributed by atoms with Crippen LogP contribution in [0.4, 0.5) is 0 Å². The molecule has 8 heteroatoms. The van der Waals surface area contributed by atoms with Gasteiger partial charge >= 0.3 is 0 Å². The third-order valence-corrected chi connectivity index (χ3v) is 5.68. The molecule has 1 saturated heterocycles. The molecule has 1 aliphatic rings. The fourth-order valence-electron chi connectivity index (χ4n) is 3.70. The Morgan fingerprint density at radius 3 is 2.73 bits per heavy atom. The zero-order valence-electron chi connectivity index (χ0n) is 19.3. The van der Waals surface area contributed by atoms with Crippen LogP contribution in [-0.4, -0.2) is 73.8 Å². The molecule has 0 N–H and O–H groups in total. The second-order valence-electron chi connectivity index (χ2n) is 7.72. The Hall–Kier alpha value is -2.61. The second kappa shape index (κ2) is 13.2. The summed E-state index contributed by atoms with van der Waals surface area (Å²) in [7, 11) is 1.55. The van der Waals surface area contributed by atoms with Crippen molar-refractivity contribution in [1.82, 2.24) is 14.8 Å². The average Bonchev–Trinajstić information content (AvgIpc) is 2.83. The van der Waals surface area contributed by atoms with Crippen LogP contribution in [0.15, 0.2) is 42.7 Å². The van der Waals surface area contributed by atoms with E-state index in [1.807, 2.05) is 30.0 Å². The maximum absolute atomic E-state index is 13.1. The number of halogens is 1. The summed E-state index contributed by atoms with van der Waals surface area (Å²) in [5, 5.41) is 0.440. The number of amides is 1. The molecule has 1 amide bonds. The van der Waals surface area contributed by atoms with Crippen LogP contribution in [0.3, 0.4) is 0 Å².